The van der Waals surface area contributed by atoms with Gasteiger partial charge in [-0.25, -0.2) is 0 Å². The molecule has 2 aliphatic rings. The highest BCUT2D eigenvalue weighted by molar-refractivity contribution is 5.82. The lowest BCUT2D eigenvalue weighted by molar-refractivity contribution is -0.132. The van der Waals surface area contributed by atoms with Gasteiger partial charge in [0.2, 0.25) is 11.8 Å². The van der Waals surface area contributed by atoms with Gasteiger partial charge < -0.3 is 10.2 Å². The van der Waals surface area contributed by atoms with E-state index in [0.29, 0.717) is 32.4 Å². The number of nitrogens with one attached hydrogen (secondary N) is 1. The number of carbonyl (C=O) groups is 2. The van der Waals surface area contributed by atoms with E-state index in [9.17, 15) is 9.59 Å². The fraction of sp³-hybridized carbons (Fsp3) is 0.654. The fourth-order valence-electron chi connectivity index (χ4n) is 5.46. The minimum absolute atomic E-state index is 0.0342. The lowest BCUT2D eigenvalue weighted by Crippen LogP contribution is -2.47. The molecule has 0 radical (unpaired) electrons. The molecule has 0 aromatic heterocycles. The molecule has 32 heavy (non-hydrogen) atoms. The van der Waals surface area contributed by atoms with Crippen LogP contribution in [0.2, 0.25) is 0 Å². The number of amides is 2. The van der Waals surface area contributed by atoms with Crippen molar-refractivity contribution >= 4 is 11.8 Å². The van der Waals surface area contributed by atoms with Crippen molar-refractivity contribution in [3.05, 3.63) is 35.9 Å². The fourth-order valence-corrected chi connectivity index (χ4v) is 5.46. The lowest BCUT2D eigenvalue weighted by atomic mass is 9.64. The molecule has 174 valence electrons. The Hall–Kier alpha value is -2.39. The van der Waals surface area contributed by atoms with E-state index >= 15 is 0 Å². The second-order valence-corrected chi connectivity index (χ2v) is 10.6. The van der Waals surface area contributed by atoms with E-state index in [2.05, 4.69) is 54.6 Å². The molecule has 1 heterocycles. The number of benzene rings is 1. The lowest BCUT2D eigenvalue weighted by Gasteiger charge is -2.49. The zero-order valence-electron chi connectivity index (χ0n) is 20.1. The normalized spacial score (nSPS) is 25.9. The van der Waals surface area contributed by atoms with Gasteiger partial charge in [-0.2, -0.15) is 5.26 Å². The monoisotopic (exact) mass is 438 g/mol. The molecule has 0 unspecified atom stereocenters. The van der Waals surface area contributed by atoms with Crippen LogP contribution in [0.3, 0.4) is 0 Å². The highest BCUT2D eigenvalue weighted by Crippen LogP contribution is 2.52. The zero-order chi connectivity index (χ0) is 23.4. The maximum absolute atomic E-state index is 12.9. The maximum Gasteiger partial charge on any atom is 0.225 e. The number of nitriles is 1. The van der Waals surface area contributed by atoms with Gasteiger partial charge in [-0.05, 0) is 57.2 Å². The molecule has 1 saturated carbocycles. The van der Waals surface area contributed by atoms with Gasteiger partial charge in [-0.3, -0.25) is 14.5 Å². The van der Waals surface area contributed by atoms with Crippen LogP contribution in [0.5, 0.6) is 0 Å². The van der Waals surface area contributed by atoms with Crippen LogP contribution < -0.4 is 5.32 Å². The molecule has 1 aromatic carbocycles. The van der Waals surface area contributed by atoms with Crippen molar-refractivity contribution in [3.63, 3.8) is 0 Å². The van der Waals surface area contributed by atoms with Crippen molar-refractivity contribution in [1.82, 2.24) is 15.1 Å². The molecular weight excluding hydrogens is 400 g/mol. The van der Waals surface area contributed by atoms with Gasteiger partial charge in [0.15, 0.2) is 0 Å². The average molecular weight is 439 g/mol. The molecule has 6 nitrogen and oxygen atoms in total. The number of carbonyl (C=O) groups excluding carboxylic acids is 2. The summed E-state index contributed by atoms with van der Waals surface area (Å²) in [7, 11) is 4.34. The van der Waals surface area contributed by atoms with E-state index in [1.807, 2.05) is 24.8 Å². The Balaban J connectivity index is 1.60. The van der Waals surface area contributed by atoms with Crippen molar-refractivity contribution in [3.8, 4) is 6.07 Å². The summed E-state index contributed by atoms with van der Waals surface area (Å²) in [6, 6.07) is 12.8. The number of rotatable bonds is 8. The highest BCUT2D eigenvalue weighted by Gasteiger charge is 2.50. The summed E-state index contributed by atoms with van der Waals surface area (Å²) in [6.07, 6.45) is 5.75. The summed E-state index contributed by atoms with van der Waals surface area (Å²) in [6.45, 7) is 5.61. The van der Waals surface area contributed by atoms with E-state index in [1.165, 1.54) is 5.56 Å². The molecule has 1 N–H and O–H groups in total. The van der Waals surface area contributed by atoms with Crippen LogP contribution in [0, 0.1) is 22.2 Å². The summed E-state index contributed by atoms with van der Waals surface area (Å²) in [5, 5.41) is 11.5. The molecule has 2 amide bonds. The third-order valence-corrected chi connectivity index (χ3v) is 7.85. The molecule has 0 bridgehead atoms. The van der Waals surface area contributed by atoms with E-state index in [4.69, 9.17) is 5.26 Å². The first-order valence-corrected chi connectivity index (χ1v) is 11.8. The van der Waals surface area contributed by atoms with Crippen LogP contribution in [0.1, 0.15) is 64.4 Å². The molecule has 1 saturated heterocycles. The van der Waals surface area contributed by atoms with Gasteiger partial charge in [0, 0.05) is 37.0 Å². The quantitative estimate of drug-likeness (QED) is 0.628. The van der Waals surface area contributed by atoms with Crippen LogP contribution in [0.15, 0.2) is 30.3 Å². The van der Waals surface area contributed by atoms with Crippen molar-refractivity contribution < 1.29 is 9.59 Å². The highest BCUT2D eigenvalue weighted by atomic mass is 16.2. The Morgan fingerprint density at radius 1 is 1.19 bits per heavy atom. The molecule has 1 aromatic rings. The molecule has 1 spiro atoms. The van der Waals surface area contributed by atoms with Crippen LogP contribution in [-0.4, -0.2) is 55.3 Å². The molecular formula is C26H38N4O2. The molecule has 3 rings (SSSR count). The van der Waals surface area contributed by atoms with Crippen molar-refractivity contribution in [1.29, 1.82) is 5.26 Å². The molecule has 1 aliphatic carbocycles. The van der Waals surface area contributed by atoms with E-state index in [1.54, 1.807) is 0 Å². The van der Waals surface area contributed by atoms with Crippen molar-refractivity contribution in [2.45, 2.75) is 64.3 Å². The van der Waals surface area contributed by atoms with Gasteiger partial charge in [0.1, 0.15) is 0 Å². The number of hydrogen-bond donors (Lipinski definition) is 1. The third-order valence-electron chi connectivity index (χ3n) is 7.85. The van der Waals surface area contributed by atoms with Crippen molar-refractivity contribution in [2.24, 2.45) is 10.8 Å². The van der Waals surface area contributed by atoms with Gasteiger partial charge in [0.05, 0.1) is 12.5 Å². The molecule has 2 fully saturated rings. The Morgan fingerprint density at radius 3 is 2.44 bits per heavy atom. The Kier molecular flexibility index (Phi) is 7.29. The Labute approximate surface area is 193 Å². The minimum atomic E-state index is -0.564. The second kappa shape index (κ2) is 9.62. The smallest absolute Gasteiger partial charge is 0.225 e. The molecule has 6 heteroatoms. The average Bonchev–Trinajstić information content (AvgIpc) is 3.08. The summed E-state index contributed by atoms with van der Waals surface area (Å²) >= 11 is 0. The van der Waals surface area contributed by atoms with Crippen LogP contribution in [0.25, 0.3) is 0 Å². The number of hydrogen-bond acceptors (Lipinski definition) is 4. The van der Waals surface area contributed by atoms with Crippen LogP contribution in [0.4, 0.5) is 0 Å². The third kappa shape index (κ3) is 4.99. The van der Waals surface area contributed by atoms with Crippen LogP contribution in [-0.2, 0) is 15.1 Å². The van der Waals surface area contributed by atoms with Crippen molar-refractivity contribution in [2.75, 3.05) is 33.7 Å². The van der Waals surface area contributed by atoms with Gasteiger partial charge in [-0.15, -0.1) is 0 Å². The summed E-state index contributed by atoms with van der Waals surface area (Å²) in [5.74, 6) is 0.174. The van der Waals surface area contributed by atoms with E-state index < -0.39 is 5.41 Å². The predicted molar refractivity (Wildman–Crippen MR) is 126 cm³/mol. The minimum Gasteiger partial charge on any atom is -0.355 e. The SMILES string of the molecule is CN(C)[C@]1(c2ccccc2)CC[C@@]2(CC1)CC(=O)N(CCC(C)(C)C(=O)NCCC#N)C2. The van der Waals surface area contributed by atoms with E-state index in [-0.39, 0.29) is 22.8 Å². The van der Waals surface area contributed by atoms with E-state index in [0.717, 1.165) is 32.2 Å². The first-order valence-electron chi connectivity index (χ1n) is 11.8. The van der Waals surface area contributed by atoms with Crippen LogP contribution >= 0.6 is 0 Å². The second-order valence-electron chi connectivity index (χ2n) is 10.6. The topological polar surface area (TPSA) is 76.4 Å². The summed E-state index contributed by atoms with van der Waals surface area (Å²) in [4.78, 5) is 29.7. The molecule has 0 atom stereocenters. The van der Waals surface area contributed by atoms with Gasteiger partial charge in [0.25, 0.3) is 0 Å². The Morgan fingerprint density at radius 2 is 1.84 bits per heavy atom. The summed E-state index contributed by atoms with van der Waals surface area (Å²) < 4.78 is 0. The first kappa shape index (κ1) is 24.3. The molecule has 1 aliphatic heterocycles. The first-order chi connectivity index (χ1) is 15.1. The number of nitrogens with zero attached hydrogens (tertiary/aromatic N) is 3. The predicted octanol–water partition coefficient (Wildman–Crippen LogP) is 3.68. The van der Waals surface area contributed by atoms with Gasteiger partial charge in [-0.1, -0.05) is 44.2 Å². The standard InChI is InChI=1S/C26H38N4O2/c1-24(2,23(32)28-17-8-16-27)15-18-30-20-25(19-22(30)31)11-13-26(14-12-25,29(3)4)21-9-6-5-7-10-21/h5-7,9-10H,8,11-15,17-20H2,1-4H3,(H,28,32)/t25-,26-. The summed E-state index contributed by atoms with van der Waals surface area (Å²) in [5.41, 5.74) is 0.896. The maximum atomic E-state index is 12.9. The zero-order valence-corrected chi connectivity index (χ0v) is 20.1. The Bertz CT molecular complexity index is 848. The largest absolute Gasteiger partial charge is 0.355 e. The number of likely N-dealkylation sites (tertiary alicyclic amines) is 1. The van der Waals surface area contributed by atoms with Gasteiger partial charge >= 0.3 is 0 Å².